The molecule has 3 aliphatic heterocycles. The van der Waals surface area contributed by atoms with Crippen LogP contribution in [0.4, 0.5) is 0 Å². The molecule has 0 amide bonds. The quantitative estimate of drug-likeness (QED) is 0.503. The number of H-pyrrole nitrogens is 1. The summed E-state index contributed by atoms with van der Waals surface area (Å²) in [6.45, 7) is 1.36. The molecule has 62 valence electrons. The van der Waals surface area contributed by atoms with E-state index in [1.807, 2.05) is 6.20 Å². The predicted octanol–water partition coefficient (Wildman–Crippen LogP) is 0.306. The highest BCUT2D eigenvalue weighted by atomic mass is 15.8. The molecule has 4 heterocycles. The third-order valence-corrected chi connectivity index (χ3v) is 4.21. The summed E-state index contributed by atoms with van der Waals surface area (Å²) in [5, 5.41) is 0. The van der Waals surface area contributed by atoms with E-state index < -0.39 is 0 Å². The minimum atomic E-state index is 1.11. The lowest BCUT2D eigenvalue weighted by Gasteiger charge is -2.25. The Balaban J connectivity index is 1.45. The Kier molecular flexibility index (Phi) is 0.702. The van der Waals surface area contributed by atoms with E-state index in [1.54, 1.807) is 6.33 Å². The monoisotopic (exact) mass is 162 g/mol. The first kappa shape index (κ1) is 5.75. The van der Waals surface area contributed by atoms with Gasteiger partial charge in [0.1, 0.15) is 0 Å². The number of aromatic nitrogens is 2. The van der Waals surface area contributed by atoms with Crippen molar-refractivity contribution in [3.63, 3.8) is 0 Å². The van der Waals surface area contributed by atoms with Crippen LogP contribution in [0.2, 0.25) is 0 Å². The summed E-state index contributed by atoms with van der Waals surface area (Å²) in [6, 6.07) is 3.35. The van der Waals surface area contributed by atoms with Gasteiger partial charge in [0.2, 0.25) is 0 Å². The van der Waals surface area contributed by atoms with Crippen LogP contribution in [0.15, 0.2) is 12.5 Å². The van der Waals surface area contributed by atoms with Crippen LogP contribution < -0.4 is 0 Å². The van der Waals surface area contributed by atoms with Crippen molar-refractivity contribution in [1.82, 2.24) is 9.97 Å². The van der Waals surface area contributed by atoms with Crippen LogP contribution in [0.5, 0.6) is 0 Å². The minimum Gasteiger partial charge on any atom is -0.348 e. The van der Waals surface area contributed by atoms with Gasteiger partial charge in [-0.2, -0.15) is 0 Å². The topological polar surface area (TPSA) is 28.7 Å². The van der Waals surface area contributed by atoms with Crippen molar-refractivity contribution < 1.29 is 4.48 Å². The molecule has 0 aromatic carbocycles. The zero-order valence-corrected chi connectivity index (χ0v) is 6.90. The average molecular weight is 162 g/mol. The number of aromatic amines is 1. The van der Waals surface area contributed by atoms with Crippen LogP contribution in [-0.2, 0) is 6.42 Å². The van der Waals surface area contributed by atoms with Gasteiger partial charge in [0, 0.05) is 18.3 Å². The summed E-state index contributed by atoms with van der Waals surface area (Å²) in [6.07, 6.45) is 6.46. The van der Waals surface area contributed by atoms with Gasteiger partial charge in [0.25, 0.3) is 0 Å². The predicted molar refractivity (Wildman–Crippen MR) is 43.4 cm³/mol. The van der Waals surface area contributed by atoms with Gasteiger partial charge in [-0.1, -0.05) is 0 Å². The van der Waals surface area contributed by atoms with E-state index in [2.05, 4.69) is 9.97 Å². The number of imidazole rings is 1. The molecule has 1 aromatic rings. The molecular formula is C9H12N3+. The summed E-state index contributed by atoms with van der Waals surface area (Å²) < 4.78 is 1.50. The lowest BCUT2D eigenvalue weighted by molar-refractivity contribution is -0.776. The number of hydrogen-bond donors (Lipinski definition) is 1. The third-order valence-electron chi connectivity index (χ3n) is 4.21. The van der Waals surface area contributed by atoms with Gasteiger partial charge in [-0.25, -0.2) is 4.98 Å². The van der Waals surface area contributed by atoms with Crippen LogP contribution in [0.1, 0.15) is 12.1 Å². The molecular weight excluding hydrogens is 150 g/mol. The Morgan fingerprint density at radius 3 is 2.92 bits per heavy atom. The molecule has 2 unspecified atom stereocenters. The average Bonchev–Trinajstić information content (AvgIpc) is 2.57. The van der Waals surface area contributed by atoms with Crippen molar-refractivity contribution >= 4 is 0 Å². The molecule has 2 bridgehead atoms. The fourth-order valence-electron chi connectivity index (χ4n) is 3.21. The lowest BCUT2D eigenvalue weighted by Crippen LogP contribution is -2.44. The van der Waals surface area contributed by atoms with Crippen molar-refractivity contribution in [3.05, 3.63) is 18.2 Å². The van der Waals surface area contributed by atoms with Crippen molar-refractivity contribution in [3.8, 4) is 0 Å². The van der Waals surface area contributed by atoms with Crippen molar-refractivity contribution in [2.75, 3.05) is 6.54 Å². The summed E-state index contributed by atoms with van der Waals surface area (Å²) in [7, 11) is 0. The molecule has 3 heteroatoms. The van der Waals surface area contributed by atoms with Crippen molar-refractivity contribution in [2.24, 2.45) is 0 Å². The van der Waals surface area contributed by atoms with Crippen LogP contribution in [0.25, 0.3) is 0 Å². The molecule has 3 nitrogen and oxygen atoms in total. The maximum Gasteiger partial charge on any atom is 0.195 e. The second-order valence-corrected chi connectivity index (χ2v) is 4.41. The van der Waals surface area contributed by atoms with Gasteiger partial charge in [0.05, 0.1) is 19.3 Å². The Morgan fingerprint density at radius 1 is 1.58 bits per heavy atom. The highest BCUT2D eigenvalue weighted by Gasteiger charge is 3.00. The molecule has 3 saturated heterocycles. The molecule has 12 heavy (non-hydrogen) atoms. The smallest absolute Gasteiger partial charge is 0.195 e. The molecule has 4 aliphatic rings. The van der Waals surface area contributed by atoms with Gasteiger partial charge in [-0.3, -0.25) is 4.48 Å². The summed E-state index contributed by atoms with van der Waals surface area (Å²) in [5.41, 5.74) is 1.31. The van der Waals surface area contributed by atoms with Crippen molar-refractivity contribution in [2.45, 2.75) is 31.0 Å². The van der Waals surface area contributed by atoms with Crippen LogP contribution >= 0.6 is 0 Å². The van der Waals surface area contributed by atoms with E-state index in [1.165, 1.54) is 29.6 Å². The Morgan fingerprint density at radius 2 is 2.42 bits per heavy atom. The Labute approximate surface area is 71.0 Å². The molecule has 1 aliphatic carbocycles. The second-order valence-electron chi connectivity index (χ2n) is 4.41. The van der Waals surface area contributed by atoms with Gasteiger partial charge in [-0.15, -0.1) is 0 Å². The molecule has 2 atom stereocenters. The highest BCUT2D eigenvalue weighted by molar-refractivity contribution is 5.23. The number of hydrogen-bond acceptors (Lipinski definition) is 1. The molecule has 0 radical (unpaired) electrons. The molecule has 4 fully saturated rings. The summed E-state index contributed by atoms with van der Waals surface area (Å²) in [4.78, 5) is 7.19. The number of nitrogens with one attached hydrogen (secondary N) is 1. The largest absolute Gasteiger partial charge is 0.348 e. The van der Waals surface area contributed by atoms with E-state index in [0.717, 1.165) is 18.1 Å². The molecule has 5 rings (SSSR count). The van der Waals surface area contributed by atoms with Gasteiger partial charge >= 0.3 is 0 Å². The van der Waals surface area contributed by atoms with Crippen LogP contribution in [0, 0.1) is 0 Å². The first-order valence-corrected chi connectivity index (χ1v) is 4.77. The Bertz CT molecular complexity index is 310. The first-order chi connectivity index (χ1) is 5.93. The fraction of sp³-hybridized carbons (Fsp3) is 0.667. The minimum absolute atomic E-state index is 1.11. The lowest BCUT2D eigenvalue weighted by atomic mass is 9.92. The van der Waals surface area contributed by atoms with E-state index >= 15 is 0 Å². The Hall–Kier alpha value is -0.830. The van der Waals surface area contributed by atoms with E-state index in [4.69, 9.17) is 0 Å². The van der Waals surface area contributed by atoms with E-state index in [-0.39, 0.29) is 0 Å². The maximum atomic E-state index is 4.02. The molecule has 1 aromatic heterocycles. The summed E-state index contributed by atoms with van der Waals surface area (Å²) >= 11 is 0. The number of quaternary nitrogens is 1. The highest BCUT2D eigenvalue weighted by Crippen LogP contribution is 2.76. The maximum absolute atomic E-state index is 4.02. The molecule has 1 N–H and O–H groups in total. The normalized spacial score (nSPS) is 51.2. The SMILES string of the molecule is c1ncc(CC[N+]23C4CC2C43)[nH]1. The molecule has 0 spiro atoms. The van der Waals surface area contributed by atoms with Gasteiger partial charge in [-0.05, 0) is 0 Å². The zero-order valence-electron chi connectivity index (χ0n) is 6.90. The zero-order chi connectivity index (χ0) is 7.76. The number of nitrogens with zero attached hydrogens (tertiary/aromatic N) is 2. The van der Waals surface area contributed by atoms with E-state index in [0.29, 0.717) is 0 Å². The summed E-state index contributed by atoms with van der Waals surface area (Å²) in [5.74, 6) is 0. The third kappa shape index (κ3) is 0.420. The first-order valence-electron chi connectivity index (χ1n) is 4.77. The van der Waals surface area contributed by atoms with Gasteiger partial charge < -0.3 is 4.98 Å². The van der Waals surface area contributed by atoms with Crippen molar-refractivity contribution in [1.29, 1.82) is 0 Å². The van der Waals surface area contributed by atoms with E-state index in [9.17, 15) is 0 Å². The van der Waals surface area contributed by atoms with Crippen LogP contribution in [-0.4, -0.2) is 39.1 Å². The fourth-order valence-corrected chi connectivity index (χ4v) is 3.21. The second kappa shape index (κ2) is 1.46. The van der Waals surface area contributed by atoms with Crippen LogP contribution in [0.3, 0.4) is 0 Å². The molecule has 1 saturated carbocycles. The van der Waals surface area contributed by atoms with Gasteiger partial charge in [0.15, 0.2) is 18.1 Å². The number of rotatable bonds is 3. The standard InChI is InChI=1S/C9H12N3/c1(6-4-10-5-11-6)2-12-7-3-8(12)9(7)12/h4-5,7-9H,1-3H2,(H,10,11)/q+1.